The van der Waals surface area contributed by atoms with Crippen LogP contribution in [0.4, 0.5) is 37.0 Å². The number of anilines is 1. The molecule has 2 aromatic heterocycles. The van der Waals surface area contributed by atoms with Gasteiger partial charge in [-0.05, 0) is 87.0 Å². The molecule has 0 saturated carbocycles. The monoisotopic (exact) mass is 705 g/mol. The third-order valence-electron chi connectivity index (χ3n) is 8.46. The number of alkyl halides is 6. The van der Waals surface area contributed by atoms with E-state index in [4.69, 9.17) is 23.6 Å². The van der Waals surface area contributed by atoms with Crippen molar-refractivity contribution in [3.05, 3.63) is 88.8 Å². The van der Waals surface area contributed by atoms with Crippen molar-refractivity contribution in [2.75, 3.05) is 32.2 Å². The molecule has 1 aliphatic heterocycles. The highest BCUT2D eigenvalue weighted by Crippen LogP contribution is 2.42. The molecule has 0 bridgehead atoms. The zero-order valence-corrected chi connectivity index (χ0v) is 27.6. The van der Waals surface area contributed by atoms with Gasteiger partial charge >= 0.3 is 24.4 Å². The van der Waals surface area contributed by atoms with Gasteiger partial charge in [0.25, 0.3) is 0 Å². The number of methoxy groups -OCH3 is 2. The smallest absolute Gasteiger partial charge is 0.416 e. The topological polar surface area (TPSA) is 94.3 Å². The summed E-state index contributed by atoms with van der Waals surface area (Å²) >= 11 is 0. The highest BCUT2D eigenvalue weighted by atomic mass is 19.4. The molecule has 266 valence electrons. The molecule has 0 spiro atoms. The lowest BCUT2D eigenvalue weighted by atomic mass is 9.96. The molecule has 5 rings (SSSR count). The first kappa shape index (κ1) is 36.1. The summed E-state index contributed by atoms with van der Waals surface area (Å²) in [5, 5.41) is 0. The fourth-order valence-corrected chi connectivity index (χ4v) is 5.82. The molecule has 9 nitrogen and oxygen atoms in total. The standard InChI is InChI=1S/C35H33F6N3O6/c1-6-43(7-2)30-13-9-24(25-16-20(8-10-28(25)47-4)27-11-12-29(49-27)32(45)48-5)26(42-30)18-44-19(3)31(50-33(44)46)21-14-22(34(36,37)38)17-23(15-21)35(39,40)41/h8-17,19,31H,6-7,18H2,1-5H3/t19-,31-/m0/s1. The number of carbonyl (C=O) groups excluding carboxylic acids is 2. The molecule has 0 aliphatic carbocycles. The van der Waals surface area contributed by atoms with Gasteiger partial charge in [-0.1, -0.05) is 0 Å². The molecule has 1 amide bonds. The van der Waals surface area contributed by atoms with E-state index in [9.17, 15) is 35.9 Å². The maximum Gasteiger partial charge on any atom is 0.416 e. The fourth-order valence-electron chi connectivity index (χ4n) is 5.82. The van der Waals surface area contributed by atoms with E-state index in [2.05, 4.69) is 0 Å². The Morgan fingerprint density at radius 3 is 2.14 bits per heavy atom. The Hall–Kier alpha value is -5.21. The highest BCUT2D eigenvalue weighted by Gasteiger charge is 2.43. The van der Waals surface area contributed by atoms with Crippen LogP contribution in [0, 0.1) is 0 Å². The summed E-state index contributed by atoms with van der Waals surface area (Å²) in [6, 6.07) is 11.9. The van der Waals surface area contributed by atoms with Gasteiger partial charge in [-0.2, -0.15) is 26.3 Å². The van der Waals surface area contributed by atoms with Crippen LogP contribution in [0.2, 0.25) is 0 Å². The van der Waals surface area contributed by atoms with E-state index in [-0.39, 0.29) is 18.4 Å². The number of cyclic esters (lactones) is 1. The number of aromatic nitrogens is 1. The average molecular weight is 706 g/mol. The molecule has 50 heavy (non-hydrogen) atoms. The minimum Gasteiger partial charge on any atom is -0.496 e. The molecule has 1 fully saturated rings. The Morgan fingerprint density at radius 2 is 1.56 bits per heavy atom. The van der Waals surface area contributed by atoms with E-state index in [1.807, 2.05) is 18.7 Å². The molecule has 1 aliphatic rings. The number of amides is 1. The lowest BCUT2D eigenvalue weighted by Crippen LogP contribution is -2.32. The van der Waals surface area contributed by atoms with E-state index in [1.165, 1.54) is 32.1 Å². The summed E-state index contributed by atoms with van der Waals surface area (Å²) in [6.07, 6.45) is -12.5. The number of carbonyl (C=O) groups is 2. The van der Waals surface area contributed by atoms with Crippen LogP contribution in [0.15, 0.2) is 65.1 Å². The highest BCUT2D eigenvalue weighted by molar-refractivity contribution is 5.87. The quantitative estimate of drug-likeness (QED) is 0.119. The molecule has 15 heteroatoms. The van der Waals surface area contributed by atoms with Crippen molar-refractivity contribution in [3.63, 3.8) is 0 Å². The zero-order valence-electron chi connectivity index (χ0n) is 27.6. The maximum atomic E-state index is 13.6. The Kier molecular flexibility index (Phi) is 10.1. The molecule has 0 unspecified atom stereocenters. The lowest BCUT2D eigenvalue weighted by Gasteiger charge is -2.25. The summed E-state index contributed by atoms with van der Waals surface area (Å²) in [5.41, 5.74) is -1.51. The second-order valence-electron chi connectivity index (χ2n) is 11.4. The SMILES string of the molecule is CCN(CC)c1ccc(-c2cc(-c3ccc(C(=O)OC)o3)ccc2OC)c(CN2C(=O)O[C@H](c3cc(C(F)(F)F)cc(C(F)(F)F)c3)[C@@H]2C)n1. The molecule has 2 atom stereocenters. The van der Waals surface area contributed by atoms with Crippen LogP contribution in [-0.2, 0) is 28.4 Å². The predicted molar refractivity (Wildman–Crippen MR) is 170 cm³/mol. The van der Waals surface area contributed by atoms with Gasteiger partial charge in [0, 0.05) is 29.8 Å². The van der Waals surface area contributed by atoms with Crippen LogP contribution in [0.3, 0.4) is 0 Å². The first-order valence-corrected chi connectivity index (χ1v) is 15.5. The normalized spacial score (nSPS) is 16.4. The maximum absolute atomic E-state index is 13.6. The number of hydrogen-bond donors (Lipinski definition) is 0. The molecular formula is C35H33F6N3O6. The molecule has 0 N–H and O–H groups in total. The van der Waals surface area contributed by atoms with Gasteiger partial charge in [-0.15, -0.1) is 0 Å². The van der Waals surface area contributed by atoms with Crippen LogP contribution in [0.5, 0.6) is 5.75 Å². The van der Waals surface area contributed by atoms with Gasteiger partial charge in [0.15, 0.2) is 0 Å². The molecule has 0 radical (unpaired) electrons. The number of halogens is 6. The predicted octanol–water partition coefficient (Wildman–Crippen LogP) is 8.77. The van der Waals surface area contributed by atoms with Crippen molar-refractivity contribution < 1.29 is 54.6 Å². The Morgan fingerprint density at radius 1 is 0.900 bits per heavy atom. The third-order valence-corrected chi connectivity index (χ3v) is 8.46. The number of pyridine rings is 1. The summed E-state index contributed by atoms with van der Waals surface area (Å²) in [7, 11) is 2.69. The Bertz CT molecular complexity index is 1850. The average Bonchev–Trinajstić information content (AvgIpc) is 3.69. The van der Waals surface area contributed by atoms with Crippen LogP contribution >= 0.6 is 0 Å². The van der Waals surface area contributed by atoms with E-state index >= 15 is 0 Å². The van der Waals surface area contributed by atoms with Crippen LogP contribution in [-0.4, -0.2) is 55.3 Å². The van der Waals surface area contributed by atoms with Gasteiger partial charge in [0.2, 0.25) is 5.76 Å². The van der Waals surface area contributed by atoms with Gasteiger partial charge in [-0.25, -0.2) is 14.6 Å². The Balaban J connectivity index is 1.58. The lowest BCUT2D eigenvalue weighted by molar-refractivity contribution is -0.143. The van der Waals surface area contributed by atoms with Gasteiger partial charge in [-0.3, -0.25) is 4.90 Å². The van der Waals surface area contributed by atoms with E-state index in [0.29, 0.717) is 64.9 Å². The van der Waals surface area contributed by atoms with E-state index in [0.717, 1.165) is 0 Å². The number of nitrogens with zero attached hydrogens (tertiary/aromatic N) is 3. The largest absolute Gasteiger partial charge is 0.496 e. The van der Waals surface area contributed by atoms with Gasteiger partial charge in [0.1, 0.15) is 23.4 Å². The molecule has 1 saturated heterocycles. The van der Waals surface area contributed by atoms with Crippen molar-refractivity contribution in [1.29, 1.82) is 0 Å². The second-order valence-corrected chi connectivity index (χ2v) is 11.4. The molecular weight excluding hydrogens is 672 g/mol. The van der Waals surface area contributed by atoms with Crippen molar-refractivity contribution in [1.82, 2.24) is 9.88 Å². The fraction of sp³-hybridized carbons (Fsp3) is 0.343. The summed E-state index contributed by atoms with van der Waals surface area (Å²) in [6.45, 7) is 6.34. The van der Waals surface area contributed by atoms with Crippen LogP contribution in [0.1, 0.15) is 59.8 Å². The number of rotatable bonds is 10. The number of ether oxygens (including phenoxy) is 3. The van der Waals surface area contributed by atoms with Crippen molar-refractivity contribution in [2.24, 2.45) is 0 Å². The van der Waals surface area contributed by atoms with Gasteiger partial charge < -0.3 is 23.5 Å². The molecule has 3 heterocycles. The number of hydrogen-bond acceptors (Lipinski definition) is 8. The molecule has 2 aromatic carbocycles. The van der Waals surface area contributed by atoms with Crippen LogP contribution < -0.4 is 9.64 Å². The summed E-state index contributed by atoms with van der Waals surface area (Å²) in [5.74, 6) is 0.674. The van der Waals surface area contributed by atoms with E-state index in [1.54, 1.807) is 36.4 Å². The molecule has 4 aromatic rings. The third kappa shape index (κ3) is 7.21. The Labute approximate surface area is 283 Å². The second kappa shape index (κ2) is 14.0. The first-order chi connectivity index (χ1) is 23.6. The minimum atomic E-state index is -5.07. The number of furan rings is 1. The number of benzene rings is 2. The van der Waals surface area contributed by atoms with Crippen molar-refractivity contribution >= 4 is 17.9 Å². The number of esters is 1. The van der Waals surface area contributed by atoms with Gasteiger partial charge in [0.05, 0.1) is 43.6 Å². The summed E-state index contributed by atoms with van der Waals surface area (Å²) < 4.78 is 103. The minimum absolute atomic E-state index is 0.00925. The first-order valence-electron chi connectivity index (χ1n) is 15.5. The zero-order chi connectivity index (χ0) is 36.5. The van der Waals surface area contributed by atoms with Crippen molar-refractivity contribution in [2.45, 2.75) is 51.8 Å². The van der Waals surface area contributed by atoms with E-state index < -0.39 is 53.3 Å². The van der Waals surface area contributed by atoms with Crippen molar-refractivity contribution in [3.8, 4) is 28.2 Å². The van der Waals surface area contributed by atoms with Crippen LogP contribution in [0.25, 0.3) is 22.5 Å². The summed E-state index contributed by atoms with van der Waals surface area (Å²) in [4.78, 5) is 33.3.